The Kier molecular flexibility index (Phi) is 7.54. The molecule has 0 aromatic heterocycles. The Morgan fingerprint density at radius 3 is 2.25 bits per heavy atom. The molecule has 0 heterocycles. The molecule has 3 atom stereocenters. The van der Waals surface area contributed by atoms with E-state index in [-0.39, 0.29) is 12.4 Å². The molecule has 0 amide bonds. The molecule has 6 nitrogen and oxygen atoms in total. The van der Waals surface area contributed by atoms with Crippen LogP contribution >= 0.6 is 12.4 Å². The van der Waals surface area contributed by atoms with Crippen LogP contribution in [0.4, 0.5) is 0 Å². The highest BCUT2D eigenvalue weighted by atomic mass is 35.5. The quantitative estimate of drug-likeness (QED) is 0.420. The third-order valence-corrected chi connectivity index (χ3v) is 1.79. The van der Waals surface area contributed by atoms with Gasteiger partial charge < -0.3 is 20.8 Å². The highest BCUT2D eigenvalue weighted by molar-refractivity contribution is 7.79. The molecule has 0 saturated heterocycles. The number of nitrogens with two attached hydrogens (primary N) is 2. The smallest absolute Gasteiger partial charge is 0.325 e. The van der Waals surface area contributed by atoms with Gasteiger partial charge in [0.2, 0.25) is 0 Å². The first kappa shape index (κ1) is 14.3. The van der Waals surface area contributed by atoms with E-state index in [0.717, 1.165) is 7.11 Å². The van der Waals surface area contributed by atoms with Gasteiger partial charge in [-0.25, -0.2) is 0 Å². The van der Waals surface area contributed by atoms with E-state index in [1.165, 1.54) is 0 Å². The molecule has 0 aliphatic carbocycles. The first-order valence-electron chi connectivity index (χ1n) is 2.67. The number of halogens is 1. The van der Waals surface area contributed by atoms with Gasteiger partial charge in [-0.15, -0.1) is 12.4 Å². The fourth-order valence-electron chi connectivity index (χ4n) is 0.390. The largest absolute Gasteiger partial charge is 0.771 e. The molecule has 0 aromatic rings. The lowest BCUT2D eigenvalue weighted by Crippen LogP contribution is -2.49. The Labute approximate surface area is 78.3 Å². The van der Waals surface area contributed by atoms with E-state index in [0.29, 0.717) is 0 Å². The molecular formula is C4H10ClN2O4S-. The van der Waals surface area contributed by atoms with Gasteiger partial charge >= 0.3 is 5.97 Å². The van der Waals surface area contributed by atoms with Crippen molar-refractivity contribution in [2.45, 2.75) is 11.4 Å². The van der Waals surface area contributed by atoms with E-state index < -0.39 is 28.5 Å². The number of carbonyl (C=O) groups is 1. The average molecular weight is 218 g/mol. The van der Waals surface area contributed by atoms with Crippen LogP contribution < -0.4 is 11.5 Å². The van der Waals surface area contributed by atoms with Crippen molar-refractivity contribution in [2.24, 2.45) is 11.5 Å². The van der Waals surface area contributed by atoms with Crippen molar-refractivity contribution in [3.8, 4) is 0 Å². The van der Waals surface area contributed by atoms with Crippen LogP contribution in [0.3, 0.4) is 0 Å². The SMILES string of the molecule is COC(=O)C(N)C(N)S(=O)[O-].Cl. The Balaban J connectivity index is 0. The summed E-state index contributed by atoms with van der Waals surface area (Å²) in [4.78, 5) is 10.6. The van der Waals surface area contributed by atoms with Gasteiger partial charge in [-0.2, -0.15) is 0 Å². The molecule has 4 N–H and O–H groups in total. The summed E-state index contributed by atoms with van der Waals surface area (Å²) in [6, 6.07) is -1.32. The molecule has 0 bridgehead atoms. The molecule has 74 valence electrons. The van der Waals surface area contributed by atoms with Gasteiger partial charge in [-0.1, -0.05) is 0 Å². The number of rotatable bonds is 3. The topological polar surface area (TPSA) is 118 Å². The van der Waals surface area contributed by atoms with Crippen LogP contribution in [0, 0.1) is 0 Å². The van der Waals surface area contributed by atoms with Crippen LogP contribution in [-0.2, 0) is 20.6 Å². The maximum atomic E-state index is 10.6. The maximum Gasteiger partial charge on any atom is 0.325 e. The van der Waals surface area contributed by atoms with Gasteiger partial charge in [0.05, 0.1) is 12.5 Å². The van der Waals surface area contributed by atoms with Gasteiger partial charge in [0.1, 0.15) is 6.04 Å². The van der Waals surface area contributed by atoms with E-state index in [9.17, 15) is 13.6 Å². The molecule has 0 fully saturated rings. The summed E-state index contributed by atoms with van der Waals surface area (Å²) in [7, 11) is 1.10. The van der Waals surface area contributed by atoms with Crippen LogP contribution in [0.15, 0.2) is 0 Å². The summed E-state index contributed by atoms with van der Waals surface area (Å²) in [5, 5.41) is -1.41. The molecule has 12 heavy (non-hydrogen) atoms. The molecule has 0 saturated carbocycles. The first-order chi connectivity index (χ1) is 5.00. The highest BCUT2D eigenvalue weighted by Crippen LogP contribution is 1.92. The molecule has 0 radical (unpaired) electrons. The zero-order valence-corrected chi connectivity index (χ0v) is 7.89. The third-order valence-electron chi connectivity index (χ3n) is 1.05. The molecule has 0 aliphatic rings. The van der Waals surface area contributed by atoms with Gasteiger partial charge in [-0.05, 0) is 11.1 Å². The summed E-state index contributed by atoms with van der Waals surface area (Å²) in [6.07, 6.45) is 0. The highest BCUT2D eigenvalue weighted by Gasteiger charge is 2.22. The standard InChI is InChI=1S/C4H10N2O4S.ClH/c1-10-4(7)2(5)3(6)11(8)9;/h2-3H,5-6H2,1H3,(H,8,9);1H/p-1. The van der Waals surface area contributed by atoms with Crippen LogP contribution in [0.25, 0.3) is 0 Å². The number of esters is 1. The van der Waals surface area contributed by atoms with Gasteiger partial charge in [-0.3, -0.25) is 9.00 Å². The number of methoxy groups -OCH3 is 1. The van der Waals surface area contributed by atoms with E-state index in [1.807, 2.05) is 0 Å². The summed E-state index contributed by atoms with van der Waals surface area (Å²) >= 11 is -2.56. The van der Waals surface area contributed by atoms with Crippen LogP contribution in [0.1, 0.15) is 0 Å². The average Bonchev–Trinajstić information content (AvgIpc) is 2.00. The number of hydrogen-bond acceptors (Lipinski definition) is 6. The zero-order valence-electron chi connectivity index (χ0n) is 6.26. The van der Waals surface area contributed by atoms with Crippen molar-refractivity contribution in [3.05, 3.63) is 0 Å². The predicted octanol–water partition coefficient (Wildman–Crippen LogP) is -1.93. The fourth-order valence-corrected chi connectivity index (χ4v) is 0.740. The minimum absolute atomic E-state index is 0. The Hall–Kier alpha value is -0.210. The van der Waals surface area contributed by atoms with Crippen molar-refractivity contribution < 1.29 is 18.3 Å². The number of carbonyl (C=O) groups excluding carboxylic acids is 1. The van der Waals surface area contributed by atoms with Crippen molar-refractivity contribution in [3.63, 3.8) is 0 Å². The van der Waals surface area contributed by atoms with E-state index in [1.54, 1.807) is 0 Å². The van der Waals surface area contributed by atoms with Gasteiger partial charge in [0.25, 0.3) is 0 Å². The first-order valence-corrected chi connectivity index (χ1v) is 3.81. The Morgan fingerprint density at radius 2 is 2.00 bits per heavy atom. The molecule has 0 rings (SSSR count). The summed E-state index contributed by atoms with van der Waals surface area (Å²) in [6.45, 7) is 0. The predicted molar refractivity (Wildman–Crippen MR) is 44.1 cm³/mol. The lowest BCUT2D eigenvalue weighted by atomic mass is 10.3. The fraction of sp³-hybridized carbons (Fsp3) is 0.750. The molecule has 0 aromatic carbocycles. The van der Waals surface area contributed by atoms with E-state index in [2.05, 4.69) is 4.74 Å². The second-order valence-electron chi connectivity index (χ2n) is 1.77. The molecular weight excluding hydrogens is 208 g/mol. The van der Waals surface area contributed by atoms with Crippen molar-refractivity contribution >= 4 is 29.5 Å². The van der Waals surface area contributed by atoms with Crippen LogP contribution in [0.5, 0.6) is 0 Å². The molecule has 3 unspecified atom stereocenters. The van der Waals surface area contributed by atoms with Crippen LogP contribution in [0.2, 0.25) is 0 Å². The lowest BCUT2D eigenvalue weighted by molar-refractivity contribution is -0.142. The minimum Gasteiger partial charge on any atom is -0.771 e. The Bertz CT molecular complexity index is 178. The van der Waals surface area contributed by atoms with Crippen LogP contribution in [-0.4, -0.2) is 33.3 Å². The summed E-state index contributed by atoms with van der Waals surface area (Å²) < 4.78 is 24.5. The monoisotopic (exact) mass is 217 g/mol. The number of ether oxygens (including phenoxy) is 1. The second-order valence-corrected chi connectivity index (χ2v) is 2.84. The van der Waals surface area contributed by atoms with Crippen molar-refractivity contribution in [1.29, 1.82) is 0 Å². The molecule has 0 spiro atoms. The van der Waals surface area contributed by atoms with Gasteiger partial charge in [0, 0.05) is 0 Å². The van der Waals surface area contributed by atoms with E-state index in [4.69, 9.17) is 11.5 Å². The number of hydrogen-bond donors (Lipinski definition) is 2. The Morgan fingerprint density at radius 1 is 1.58 bits per heavy atom. The molecule has 0 aliphatic heterocycles. The second kappa shape index (κ2) is 6.32. The lowest BCUT2D eigenvalue weighted by Gasteiger charge is -2.19. The summed E-state index contributed by atoms with van der Waals surface area (Å²) in [5.74, 6) is -0.846. The van der Waals surface area contributed by atoms with E-state index >= 15 is 0 Å². The van der Waals surface area contributed by atoms with Gasteiger partial charge in [0.15, 0.2) is 0 Å². The third kappa shape index (κ3) is 3.98. The van der Waals surface area contributed by atoms with Crippen molar-refractivity contribution in [2.75, 3.05) is 7.11 Å². The minimum atomic E-state index is -2.56. The normalized spacial score (nSPS) is 17.0. The summed E-state index contributed by atoms with van der Waals surface area (Å²) in [5.41, 5.74) is 10.1. The molecule has 8 heteroatoms. The zero-order chi connectivity index (χ0) is 9.02. The van der Waals surface area contributed by atoms with Crippen molar-refractivity contribution in [1.82, 2.24) is 0 Å². The maximum absolute atomic E-state index is 10.6.